The van der Waals surface area contributed by atoms with E-state index in [1.165, 1.54) is 13.2 Å². The Labute approximate surface area is 181 Å². The normalized spacial score (nSPS) is 11.3. The Balaban J connectivity index is 1.92. The fourth-order valence-corrected chi connectivity index (χ4v) is 2.97. The minimum atomic E-state index is -4.59. The maximum atomic E-state index is 12.9. The largest absolute Gasteiger partial charge is 0.490 e. The summed E-state index contributed by atoms with van der Waals surface area (Å²) in [7, 11) is 1.51. The van der Waals surface area contributed by atoms with Crippen LogP contribution in [0.3, 0.4) is 0 Å². The van der Waals surface area contributed by atoms with Crippen molar-refractivity contribution < 1.29 is 32.5 Å². The van der Waals surface area contributed by atoms with E-state index in [1.54, 1.807) is 24.3 Å². The van der Waals surface area contributed by atoms with Crippen LogP contribution in [0, 0.1) is 6.92 Å². The lowest BCUT2D eigenvalue weighted by atomic mass is 10.00. The predicted octanol–water partition coefficient (Wildman–Crippen LogP) is 4.94. The number of methoxy groups -OCH3 is 1. The zero-order valence-corrected chi connectivity index (χ0v) is 17.2. The molecule has 2 N–H and O–H groups in total. The molecule has 3 aromatic rings. The van der Waals surface area contributed by atoms with E-state index in [9.17, 15) is 23.1 Å². The number of carboxylic acid groups (broad SMARTS) is 1. The van der Waals surface area contributed by atoms with Crippen molar-refractivity contribution >= 4 is 17.6 Å². The van der Waals surface area contributed by atoms with Crippen LogP contribution in [0.5, 0.6) is 5.75 Å². The molecule has 0 amide bonds. The predicted molar refractivity (Wildman–Crippen MR) is 111 cm³/mol. The Bertz CT molecular complexity index is 1120. The lowest BCUT2D eigenvalue weighted by Crippen LogP contribution is -2.10. The second kappa shape index (κ2) is 9.65. The van der Waals surface area contributed by atoms with Gasteiger partial charge in [-0.2, -0.15) is 13.2 Å². The molecule has 1 heterocycles. The Hall–Kier alpha value is -3.66. The van der Waals surface area contributed by atoms with Gasteiger partial charge in [-0.1, -0.05) is 12.1 Å². The molecule has 0 atom stereocenters. The van der Waals surface area contributed by atoms with Gasteiger partial charge in [-0.3, -0.25) is 0 Å². The first-order valence-electron chi connectivity index (χ1n) is 9.46. The number of nitrogens with one attached hydrogen (secondary N) is 1. The average molecular weight is 447 g/mol. The van der Waals surface area contributed by atoms with Crippen LogP contribution < -0.4 is 10.1 Å². The van der Waals surface area contributed by atoms with Crippen LogP contribution in [0.25, 0.3) is 11.1 Å². The summed E-state index contributed by atoms with van der Waals surface area (Å²) in [6.07, 6.45) is -3.56. The van der Waals surface area contributed by atoms with Gasteiger partial charge in [0.2, 0.25) is 5.95 Å². The summed E-state index contributed by atoms with van der Waals surface area (Å²) in [5.74, 6) is -1.14. The number of aryl methyl sites for hydroxylation is 1. The van der Waals surface area contributed by atoms with Gasteiger partial charge in [-0.15, -0.1) is 0 Å². The third-order valence-corrected chi connectivity index (χ3v) is 4.37. The van der Waals surface area contributed by atoms with Gasteiger partial charge >= 0.3 is 12.1 Å². The minimum absolute atomic E-state index is 0.0177. The van der Waals surface area contributed by atoms with Crippen LogP contribution >= 0.6 is 0 Å². The first-order chi connectivity index (χ1) is 15.2. The zero-order chi connectivity index (χ0) is 23.3. The van der Waals surface area contributed by atoms with Gasteiger partial charge < -0.3 is 19.9 Å². The summed E-state index contributed by atoms with van der Waals surface area (Å²) >= 11 is 0. The van der Waals surface area contributed by atoms with Gasteiger partial charge in [0.1, 0.15) is 23.6 Å². The highest BCUT2D eigenvalue weighted by molar-refractivity contribution is 5.93. The van der Waals surface area contributed by atoms with Crippen LogP contribution in [-0.4, -0.2) is 41.4 Å². The molecule has 10 heteroatoms. The number of alkyl halides is 3. The van der Waals surface area contributed by atoms with Crippen molar-refractivity contribution in [1.82, 2.24) is 9.97 Å². The number of anilines is 2. The molecule has 0 saturated heterocycles. The van der Waals surface area contributed by atoms with Crippen molar-refractivity contribution in [3.8, 4) is 16.9 Å². The highest BCUT2D eigenvalue weighted by Crippen LogP contribution is 2.31. The Morgan fingerprint density at radius 1 is 1.09 bits per heavy atom. The van der Waals surface area contributed by atoms with Crippen molar-refractivity contribution in [2.24, 2.45) is 0 Å². The van der Waals surface area contributed by atoms with E-state index in [4.69, 9.17) is 9.47 Å². The number of halogens is 3. The van der Waals surface area contributed by atoms with E-state index < -0.39 is 17.8 Å². The van der Waals surface area contributed by atoms with Crippen LogP contribution in [0.4, 0.5) is 24.8 Å². The quantitative estimate of drug-likeness (QED) is 0.473. The number of aromatic nitrogens is 2. The molecule has 168 valence electrons. The van der Waals surface area contributed by atoms with Gasteiger partial charge in [0.15, 0.2) is 0 Å². The fraction of sp³-hybridized carbons (Fsp3) is 0.227. The molecule has 0 fully saturated rings. The SMILES string of the molecule is COCCOc1ccc(-c2cc(C)cc(Nc3nccc(C(F)(F)F)n3)c2)cc1C(=O)O. The molecule has 3 rings (SSSR count). The summed E-state index contributed by atoms with van der Waals surface area (Å²) in [4.78, 5) is 19.0. The van der Waals surface area contributed by atoms with E-state index in [2.05, 4.69) is 15.3 Å². The van der Waals surface area contributed by atoms with Crippen LogP contribution in [0.1, 0.15) is 21.6 Å². The maximum Gasteiger partial charge on any atom is 0.433 e. The number of benzene rings is 2. The molecule has 0 radical (unpaired) electrons. The van der Waals surface area contributed by atoms with Gasteiger partial charge in [-0.05, 0) is 53.9 Å². The number of hydrogen-bond acceptors (Lipinski definition) is 6. The van der Waals surface area contributed by atoms with E-state index in [0.717, 1.165) is 17.8 Å². The number of hydrogen-bond donors (Lipinski definition) is 2. The fourth-order valence-electron chi connectivity index (χ4n) is 2.97. The highest BCUT2D eigenvalue weighted by Gasteiger charge is 2.32. The third-order valence-electron chi connectivity index (χ3n) is 4.37. The van der Waals surface area contributed by atoms with Crippen molar-refractivity contribution in [2.75, 3.05) is 25.6 Å². The summed E-state index contributed by atoms with van der Waals surface area (Å²) in [5, 5.41) is 12.3. The molecule has 0 aliphatic carbocycles. The molecule has 32 heavy (non-hydrogen) atoms. The molecule has 0 bridgehead atoms. The van der Waals surface area contributed by atoms with Gasteiger partial charge in [-0.25, -0.2) is 14.8 Å². The number of nitrogens with zero attached hydrogens (tertiary/aromatic N) is 2. The average Bonchev–Trinajstić information content (AvgIpc) is 2.73. The van der Waals surface area contributed by atoms with Gasteiger partial charge in [0.05, 0.1) is 6.61 Å². The minimum Gasteiger partial charge on any atom is -0.490 e. The van der Waals surface area contributed by atoms with Gasteiger partial charge in [0.25, 0.3) is 0 Å². The van der Waals surface area contributed by atoms with Crippen molar-refractivity contribution in [2.45, 2.75) is 13.1 Å². The molecule has 2 aromatic carbocycles. The molecular formula is C22H20F3N3O4. The molecular weight excluding hydrogens is 427 g/mol. The monoisotopic (exact) mass is 447 g/mol. The van der Waals surface area contributed by atoms with Crippen LogP contribution in [0.15, 0.2) is 48.7 Å². The summed E-state index contributed by atoms with van der Waals surface area (Å²) in [6.45, 7) is 2.32. The molecule has 0 unspecified atom stereocenters. The van der Waals surface area contributed by atoms with Crippen LogP contribution in [0.2, 0.25) is 0 Å². The van der Waals surface area contributed by atoms with Crippen molar-refractivity contribution in [3.05, 3.63) is 65.5 Å². The van der Waals surface area contributed by atoms with E-state index in [0.29, 0.717) is 23.4 Å². The number of ether oxygens (including phenoxy) is 2. The Morgan fingerprint density at radius 3 is 2.56 bits per heavy atom. The van der Waals surface area contributed by atoms with Gasteiger partial charge in [0, 0.05) is 19.0 Å². The molecule has 1 aromatic heterocycles. The molecule has 0 saturated carbocycles. The number of aromatic carboxylic acids is 1. The maximum absolute atomic E-state index is 12.9. The third kappa shape index (κ3) is 5.73. The lowest BCUT2D eigenvalue weighted by molar-refractivity contribution is -0.141. The summed E-state index contributed by atoms with van der Waals surface area (Å²) in [6, 6.07) is 10.7. The molecule has 0 aliphatic heterocycles. The van der Waals surface area contributed by atoms with Crippen molar-refractivity contribution in [3.63, 3.8) is 0 Å². The highest BCUT2D eigenvalue weighted by atomic mass is 19.4. The smallest absolute Gasteiger partial charge is 0.433 e. The van der Waals surface area contributed by atoms with E-state index in [1.807, 2.05) is 13.0 Å². The lowest BCUT2D eigenvalue weighted by Gasteiger charge is -2.13. The summed E-state index contributed by atoms with van der Waals surface area (Å²) < 4.78 is 49.1. The Morgan fingerprint density at radius 2 is 1.88 bits per heavy atom. The molecule has 0 aliphatic rings. The zero-order valence-electron chi connectivity index (χ0n) is 17.2. The van der Waals surface area contributed by atoms with Crippen molar-refractivity contribution in [1.29, 1.82) is 0 Å². The van der Waals surface area contributed by atoms with E-state index >= 15 is 0 Å². The summed E-state index contributed by atoms with van der Waals surface area (Å²) in [5.41, 5.74) is 1.43. The van der Waals surface area contributed by atoms with E-state index in [-0.39, 0.29) is 23.9 Å². The topological polar surface area (TPSA) is 93.6 Å². The number of carboxylic acids is 1. The standard InChI is InChI=1S/C22H20F3N3O4/c1-13-9-15(14-3-4-18(32-8-7-31-2)17(12-14)20(29)30)11-16(10-13)27-21-26-6-5-19(28-21)22(23,24)25/h3-6,9-12H,7-8H2,1-2H3,(H,29,30)(H,26,27,28). The first kappa shape index (κ1) is 23.0. The first-order valence-corrected chi connectivity index (χ1v) is 9.46. The second-order valence-corrected chi connectivity index (χ2v) is 6.83. The second-order valence-electron chi connectivity index (χ2n) is 6.83. The molecule has 0 spiro atoms. The number of rotatable bonds is 8. The number of carbonyl (C=O) groups is 1. The Kier molecular flexibility index (Phi) is 6.94. The van der Waals surface area contributed by atoms with Crippen LogP contribution in [-0.2, 0) is 10.9 Å². The molecule has 7 nitrogen and oxygen atoms in total.